The molecule has 5 nitrogen and oxygen atoms in total. The van der Waals surface area contributed by atoms with E-state index in [0.29, 0.717) is 20.3 Å². The number of phenols is 1. The number of carbonyl (C=O) groups is 1. The molecule has 1 aromatic rings. The lowest BCUT2D eigenvalue weighted by molar-refractivity contribution is -0.124. The third kappa shape index (κ3) is 4.82. The lowest BCUT2D eigenvalue weighted by atomic mass is 9.94. The molecule has 1 aromatic carbocycles. The fraction of sp³-hybridized carbons (Fsp3) is 0.565. The first-order chi connectivity index (χ1) is 14.6. The Balaban J connectivity index is 1.66. The lowest BCUT2D eigenvalue weighted by Crippen LogP contribution is -2.41. The standard InChI is InChI=1S/C23H29IN2O3S/c1-29-19-13-15(12-18(24)21(19)27)14-20-22(28)26(17-10-6-3-7-11-17)23(30-20)25-16-8-4-2-5-9-16/h12-14,16-17,27H,2-11H2,1H3. The Labute approximate surface area is 196 Å². The van der Waals surface area contributed by atoms with Gasteiger partial charge < -0.3 is 9.84 Å². The number of thioether (sulfide) groups is 1. The highest BCUT2D eigenvalue weighted by atomic mass is 127. The molecule has 0 atom stereocenters. The minimum atomic E-state index is 0.0727. The fourth-order valence-corrected chi connectivity index (χ4v) is 6.32. The van der Waals surface area contributed by atoms with Gasteiger partial charge >= 0.3 is 0 Å². The number of methoxy groups -OCH3 is 1. The number of amides is 1. The quantitative estimate of drug-likeness (QED) is 0.379. The van der Waals surface area contributed by atoms with E-state index in [1.54, 1.807) is 6.07 Å². The van der Waals surface area contributed by atoms with E-state index in [4.69, 9.17) is 9.73 Å². The Morgan fingerprint density at radius 1 is 1.13 bits per heavy atom. The molecule has 1 N–H and O–H groups in total. The van der Waals surface area contributed by atoms with Gasteiger partial charge in [-0.25, -0.2) is 0 Å². The van der Waals surface area contributed by atoms with Crippen molar-refractivity contribution in [2.24, 2.45) is 4.99 Å². The highest BCUT2D eigenvalue weighted by Crippen LogP contribution is 2.40. The van der Waals surface area contributed by atoms with Crippen molar-refractivity contribution in [2.45, 2.75) is 76.3 Å². The van der Waals surface area contributed by atoms with Gasteiger partial charge in [-0.15, -0.1) is 0 Å². The number of benzene rings is 1. The van der Waals surface area contributed by atoms with Crippen molar-refractivity contribution in [1.29, 1.82) is 0 Å². The maximum absolute atomic E-state index is 13.4. The largest absolute Gasteiger partial charge is 0.504 e. The van der Waals surface area contributed by atoms with Gasteiger partial charge in [0.05, 0.1) is 21.6 Å². The van der Waals surface area contributed by atoms with Crippen molar-refractivity contribution in [3.05, 3.63) is 26.2 Å². The summed E-state index contributed by atoms with van der Waals surface area (Å²) in [7, 11) is 1.54. The summed E-state index contributed by atoms with van der Waals surface area (Å²) in [5, 5.41) is 11.0. The average Bonchev–Trinajstić information content (AvgIpc) is 3.06. The molecule has 4 rings (SSSR count). The normalized spacial score (nSPS) is 24.2. The fourth-order valence-electron chi connectivity index (χ4n) is 4.59. The molecule has 2 saturated carbocycles. The van der Waals surface area contributed by atoms with Crippen LogP contribution in [0.5, 0.6) is 11.5 Å². The maximum atomic E-state index is 13.4. The molecular formula is C23H29IN2O3S. The molecule has 3 aliphatic rings. The summed E-state index contributed by atoms with van der Waals surface area (Å²) in [5.74, 6) is 0.627. The first-order valence-corrected chi connectivity index (χ1v) is 12.8. The van der Waals surface area contributed by atoms with E-state index >= 15 is 0 Å². The molecule has 0 spiro atoms. The molecular weight excluding hydrogens is 511 g/mol. The summed E-state index contributed by atoms with van der Waals surface area (Å²) in [6.45, 7) is 0. The van der Waals surface area contributed by atoms with Gasteiger partial charge in [0.15, 0.2) is 16.7 Å². The first kappa shape index (κ1) is 22.0. The molecule has 30 heavy (non-hydrogen) atoms. The van der Waals surface area contributed by atoms with Crippen LogP contribution in [0.25, 0.3) is 6.08 Å². The first-order valence-electron chi connectivity index (χ1n) is 10.9. The van der Waals surface area contributed by atoms with Crippen LogP contribution in [0.15, 0.2) is 22.0 Å². The van der Waals surface area contributed by atoms with Gasteiger partial charge in [0, 0.05) is 6.04 Å². The number of halogens is 1. The van der Waals surface area contributed by atoms with Crippen LogP contribution < -0.4 is 4.74 Å². The van der Waals surface area contributed by atoms with Crippen molar-refractivity contribution < 1.29 is 14.6 Å². The molecule has 0 bridgehead atoms. The molecule has 1 heterocycles. The van der Waals surface area contributed by atoms with Crippen LogP contribution in [0, 0.1) is 3.57 Å². The van der Waals surface area contributed by atoms with E-state index in [-0.39, 0.29) is 17.7 Å². The highest BCUT2D eigenvalue weighted by molar-refractivity contribution is 14.1. The molecule has 0 radical (unpaired) electrons. The zero-order valence-electron chi connectivity index (χ0n) is 17.4. The Kier molecular flexibility index (Phi) is 7.28. The Bertz CT molecular complexity index is 858. The number of rotatable bonds is 4. The predicted molar refractivity (Wildman–Crippen MR) is 131 cm³/mol. The monoisotopic (exact) mass is 540 g/mol. The molecule has 1 aliphatic heterocycles. The molecule has 3 fully saturated rings. The minimum Gasteiger partial charge on any atom is -0.504 e. The van der Waals surface area contributed by atoms with Crippen molar-refractivity contribution in [3.63, 3.8) is 0 Å². The van der Waals surface area contributed by atoms with E-state index < -0.39 is 0 Å². The molecule has 1 amide bonds. The third-order valence-electron chi connectivity index (χ3n) is 6.21. The number of aromatic hydroxyl groups is 1. The van der Waals surface area contributed by atoms with Gasteiger partial charge in [-0.1, -0.05) is 38.5 Å². The average molecular weight is 540 g/mol. The Hall–Kier alpha value is -1.22. The lowest BCUT2D eigenvalue weighted by Gasteiger charge is -2.31. The highest BCUT2D eigenvalue weighted by Gasteiger charge is 2.39. The van der Waals surface area contributed by atoms with E-state index in [1.807, 2.05) is 17.0 Å². The number of amidine groups is 1. The number of phenolic OH excluding ortho intramolecular Hbond substituents is 1. The second-order valence-electron chi connectivity index (χ2n) is 8.33. The van der Waals surface area contributed by atoms with Crippen molar-refractivity contribution in [2.75, 3.05) is 7.11 Å². The number of ether oxygens (including phenoxy) is 1. The maximum Gasteiger partial charge on any atom is 0.266 e. The molecule has 0 aromatic heterocycles. The molecule has 7 heteroatoms. The van der Waals surface area contributed by atoms with Crippen molar-refractivity contribution in [3.8, 4) is 11.5 Å². The molecule has 0 unspecified atom stereocenters. The number of hydrogen-bond donors (Lipinski definition) is 1. The van der Waals surface area contributed by atoms with Crippen molar-refractivity contribution in [1.82, 2.24) is 4.90 Å². The predicted octanol–water partition coefficient (Wildman–Crippen LogP) is 5.94. The van der Waals surface area contributed by atoms with Gasteiger partial charge in [-0.3, -0.25) is 14.7 Å². The second-order valence-corrected chi connectivity index (χ2v) is 10.5. The van der Waals surface area contributed by atoms with Crippen LogP contribution in [-0.2, 0) is 4.79 Å². The van der Waals surface area contributed by atoms with Crippen LogP contribution in [0.1, 0.15) is 69.8 Å². The van der Waals surface area contributed by atoms with Gasteiger partial charge in [0.1, 0.15) is 0 Å². The van der Waals surface area contributed by atoms with Crippen LogP contribution in [0.4, 0.5) is 0 Å². The number of hydrogen-bond acceptors (Lipinski definition) is 5. The zero-order chi connectivity index (χ0) is 21.1. The number of aliphatic imine (C=N–C) groups is 1. The SMILES string of the molecule is COc1cc(C=C2SC(=NC3CCCCC3)N(C3CCCCC3)C2=O)cc(I)c1O. The summed E-state index contributed by atoms with van der Waals surface area (Å²) in [5.41, 5.74) is 0.854. The van der Waals surface area contributed by atoms with Crippen LogP contribution in [-0.4, -0.2) is 40.3 Å². The van der Waals surface area contributed by atoms with Gasteiger partial charge in [0.2, 0.25) is 0 Å². The summed E-state index contributed by atoms with van der Waals surface area (Å²) in [4.78, 5) is 21.2. The van der Waals surface area contributed by atoms with Crippen LogP contribution in [0.2, 0.25) is 0 Å². The van der Waals surface area contributed by atoms with Gasteiger partial charge in [-0.2, -0.15) is 0 Å². The topological polar surface area (TPSA) is 62.1 Å². The summed E-state index contributed by atoms with van der Waals surface area (Å²) in [6.07, 6.45) is 13.7. The minimum absolute atomic E-state index is 0.0727. The molecule has 1 saturated heterocycles. The second kappa shape index (κ2) is 9.94. The van der Waals surface area contributed by atoms with Crippen LogP contribution >= 0.6 is 34.4 Å². The van der Waals surface area contributed by atoms with Gasteiger partial charge in [-0.05, 0) is 83.8 Å². The number of carbonyl (C=O) groups excluding carboxylic acids is 1. The zero-order valence-corrected chi connectivity index (χ0v) is 20.4. The molecule has 162 valence electrons. The smallest absolute Gasteiger partial charge is 0.266 e. The Morgan fingerprint density at radius 3 is 2.47 bits per heavy atom. The van der Waals surface area contributed by atoms with E-state index in [1.165, 1.54) is 57.4 Å². The van der Waals surface area contributed by atoms with E-state index in [2.05, 4.69) is 22.6 Å². The number of nitrogens with zero attached hydrogens (tertiary/aromatic N) is 2. The van der Waals surface area contributed by atoms with E-state index in [0.717, 1.165) is 36.4 Å². The Morgan fingerprint density at radius 2 is 1.80 bits per heavy atom. The third-order valence-corrected chi connectivity index (χ3v) is 8.03. The van der Waals surface area contributed by atoms with Crippen LogP contribution in [0.3, 0.4) is 0 Å². The summed E-state index contributed by atoms with van der Waals surface area (Å²) >= 11 is 3.60. The van der Waals surface area contributed by atoms with Gasteiger partial charge in [0.25, 0.3) is 5.91 Å². The molecule has 2 aliphatic carbocycles. The van der Waals surface area contributed by atoms with Crippen molar-refractivity contribution >= 4 is 51.5 Å². The summed E-state index contributed by atoms with van der Waals surface area (Å²) in [6, 6.07) is 4.26. The van der Waals surface area contributed by atoms with E-state index in [9.17, 15) is 9.90 Å². The summed E-state index contributed by atoms with van der Waals surface area (Å²) < 4.78 is 5.99.